The number of aliphatic hydroxyl groups excluding tert-OH is 1. The summed E-state index contributed by atoms with van der Waals surface area (Å²) in [6.45, 7) is 7.39. The van der Waals surface area contributed by atoms with Gasteiger partial charge >= 0.3 is 0 Å². The Kier molecular flexibility index (Phi) is 4.50. The Morgan fingerprint density at radius 1 is 1.37 bits per heavy atom. The van der Waals surface area contributed by atoms with E-state index in [1.165, 1.54) is 0 Å². The quantitative estimate of drug-likeness (QED) is 0.825. The van der Waals surface area contributed by atoms with E-state index in [0.29, 0.717) is 5.75 Å². The van der Waals surface area contributed by atoms with Crippen molar-refractivity contribution in [2.24, 2.45) is 0 Å². The normalized spacial score (nSPS) is 12.2. The monoisotopic (exact) mass is 279 g/mol. The number of imidazole rings is 1. The van der Waals surface area contributed by atoms with Crippen LogP contribution in [0.15, 0.2) is 29.4 Å². The maximum atomic E-state index is 8.98. The molecule has 0 spiro atoms. The zero-order valence-electron chi connectivity index (χ0n) is 11.7. The van der Waals surface area contributed by atoms with Crippen LogP contribution in [0.4, 0.5) is 0 Å². The third-order valence-electron chi connectivity index (χ3n) is 2.71. The molecule has 2 N–H and O–H groups in total. The van der Waals surface area contributed by atoms with Gasteiger partial charge in [0.15, 0.2) is 0 Å². The van der Waals surface area contributed by atoms with E-state index in [1.54, 1.807) is 11.8 Å². The highest BCUT2D eigenvalue weighted by atomic mass is 32.2. The van der Waals surface area contributed by atoms with Crippen LogP contribution in [0.2, 0.25) is 0 Å². The second kappa shape index (κ2) is 5.94. The summed E-state index contributed by atoms with van der Waals surface area (Å²) < 4.78 is 2.11. The Balaban J connectivity index is 2.31. The number of pyridine rings is 1. The zero-order valence-corrected chi connectivity index (χ0v) is 12.5. The molecule has 19 heavy (non-hydrogen) atoms. The van der Waals surface area contributed by atoms with Crippen LogP contribution in [0.5, 0.6) is 0 Å². The van der Waals surface area contributed by atoms with Gasteiger partial charge in [-0.05, 0) is 32.9 Å². The van der Waals surface area contributed by atoms with E-state index in [-0.39, 0.29) is 12.1 Å². The molecule has 0 unspecified atom stereocenters. The summed E-state index contributed by atoms with van der Waals surface area (Å²) in [6, 6.07) is 6.00. The number of nitrogens with zero attached hydrogens (tertiary/aromatic N) is 2. The lowest BCUT2D eigenvalue weighted by Gasteiger charge is -2.20. The molecule has 104 valence electrons. The fraction of sp³-hybridized carbons (Fsp3) is 0.500. The van der Waals surface area contributed by atoms with Crippen molar-refractivity contribution < 1.29 is 5.11 Å². The highest BCUT2D eigenvalue weighted by molar-refractivity contribution is 7.99. The molecule has 4 nitrogen and oxygen atoms in total. The highest BCUT2D eigenvalue weighted by Gasteiger charge is 2.15. The number of hydrogen-bond donors (Lipinski definition) is 2. The first-order valence-corrected chi connectivity index (χ1v) is 7.44. The van der Waals surface area contributed by atoms with Gasteiger partial charge in [-0.3, -0.25) is 0 Å². The molecule has 2 rings (SSSR count). The summed E-state index contributed by atoms with van der Waals surface area (Å²) >= 11 is 1.60. The van der Waals surface area contributed by atoms with Crippen LogP contribution in [0, 0.1) is 0 Å². The molecule has 0 amide bonds. The molecule has 0 atom stereocenters. The molecule has 0 saturated heterocycles. The Morgan fingerprint density at radius 2 is 2.16 bits per heavy atom. The minimum atomic E-state index is 0.0673. The van der Waals surface area contributed by atoms with E-state index in [1.807, 2.05) is 24.4 Å². The van der Waals surface area contributed by atoms with Gasteiger partial charge in [-0.25, -0.2) is 4.98 Å². The van der Waals surface area contributed by atoms with Gasteiger partial charge in [0.25, 0.3) is 0 Å². The van der Waals surface area contributed by atoms with E-state index in [2.05, 4.69) is 35.5 Å². The molecule has 5 heteroatoms. The van der Waals surface area contributed by atoms with Crippen molar-refractivity contribution in [2.45, 2.75) is 37.9 Å². The van der Waals surface area contributed by atoms with E-state index >= 15 is 0 Å². The largest absolute Gasteiger partial charge is 0.396 e. The van der Waals surface area contributed by atoms with Gasteiger partial charge in [-0.1, -0.05) is 6.07 Å². The number of hydrogen-bond acceptors (Lipinski definition) is 4. The fourth-order valence-corrected chi connectivity index (χ4v) is 2.57. The lowest BCUT2D eigenvalue weighted by atomic mass is 10.1. The summed E-state index contributed by atoms with van der Waals surface area (Å²) in [7, 11) is 0. The zero-order chi connectivity index (χ0) is 13.9. The molecule has 0 aromatic carbocycles. The van der Waals surface area contributed by atoms with Gasteiger partial charge in [0, 0.05) is 24.0 Å². The summed E-state index contributed by atoms with van der Waals surface area (Å²) in [5.41, 5.74) is 2.18. The predicted octanol–water partition coefficient (Wildman–Crippen LogP) is 2.31. The van der Waals surface area contributed by atoms with E-state index in [9.17, 15) is 0 Å². The molecular formula is C14H21N3OS. The Morgan fingerprint density at radius 3 is 2.84 bits per heavy atom. The summed E-state index contributed by atoms with van der Waals surface area (Å²) in [5, 5.41) is 13.5. The van der Waals surface area contributed by atoms with Gasteiger partial charge in [0.2, 0.25) is 0 Å². The SMILES string of the molecule is CC(C)(C)NCc1c(SCCO)nc2ccccn12. The van der Waals surface area contributed by atoms with Gasteiger partial charge < -0.3 is 14.8 Å². The molecule has 0 aliphatic heterocycles. The molecule has 0 aliphatic rings. The van der Waals surface area contributed by atoms with Crippen LogP contribution in [-0.2, 0) is 6.54 Å². The first-order chi connectivity index (χ1) is 9.01. The average molecular weight is 279 g/mol. The standard InChI is InChI=1S/C14H21N3OS/c1-14(2,3)15-10-11-13(19-9-8-18)16-12-6-4-5-7-17(11)12/h4-7,15,18H,8-10H2,1-3H3. The number of aromatic nitrogens is 2. The van der Waals surface area contributed by atoms with Crippen molar-refractivity contribution in [2.75, 3.05) is 12.4 Å². The predicted molar refractivity (Wildman–Crippen MR) is 79.6 cm³/mol. The molecule has 0 fully saturated rings. The van der Waals surface area contributed by atoms with Crippen LogP contribution >= 0.6 is 11.8 Å². The van der Waals surface area contributed by atoms with Gasteiger partial charge in [0.05, 0.1) is 12.3 Å². The van der Waals surface area contributed by atoms with Crippen molar-refractivity contribution in [3.63, 3.8) is 0 Å². The van der Waals surface area contributed by atoms with Crippen LogP contribution < -0.4 is 5.32 Å². The summed E-state index contributed by atoms with van der Waals surface area (Å²) in [4.78, 5) is 4.63. The lowest BCUT2D eigenvalue weighted by molar-refractivity contribution is 0.322. The first-order valence-electron chi connectivity index (χ1n) is 6.46. The lowest BCUT2D eigenvalue weighted by Crippen LogP contribution is -2.35. The van der Waals surface area contributed by atoms with Crippen LogP contribution in [-0.4, -0.2) is 32.4 Å². The highest BCUT2D eigenvalue weighted by Crippen LogP contribution is 2.23. The Bertz CT molecular complexity index is 545. The van der Waals surface area contributed by atoms with E-state index in [0.717, 1.165) is 22.9 Å². The average Bonchev–Trinajstić information content (AvgIpc) is 2.70. The first kappa shape index (κ1) is 14.4. The van der Waals surface area contributed by atoms with E-state index in [4.69, 9.17) is 5.11 Å². The number of nitrogens with one attached hydrogen (secondary N) is 1. The number of thioether (sulfide) groups is 1. The fourth-order valence-electron chi connectivity index (χ4n) is 1.79. The molecule has 0 radical (unpaired) electrons. The van der Waals surface area contributed by atoms with Gasteiger partial charge in [-0.2, -0.15) is 0 Å². The van der Waals surface area contributed by atoms with Crippen molar-refractivity contribution in [1.29, 1.82) is 0 Å². The Labute approximate surface area is 118 Å². The molecule has 0 bridgehead atoms. The van der Waals surface area contributed by atoms with Crippen molar-refractivity contribution in [1.82, 2.24) is 14.7 Å². The molecular weight excluding hydrogens is 258 g/mol. The minimum Gasteiger partial charge on any atom is -0.396 e. The summed E-state index contributed by atoms with van der Waals surface area (Å²) in [5.74, 6) is 0.673. The van der Waals surface area contributed by atoms with Crippen LogP contribution in [0.3, 0.4) is 0 Å². The van der Waals surface area contributed by atoms with Crippen LogP contribution in [0.25, 0.3) is 5.65 Å². The number of aliphatic hydroxyl groups is 1. The second-order valence-corrected chi connectivity index (χ2v) is 6.55. The maximum Gasteiger partial charge on any atom is 0.138 e. The second-order valence-electron chi connectivity index (χ2n) is 5.47. The van der Waals surface area contributed by atoms with Gasteiger partial charge in [-0.15, -0.1) is 11.8 Å². The van der Waals surface area contributed by atoms with Crippen LogP contribution in [0.1, 0.15) is 26.5 Å². The topological polar surface area (TPSA) is 49.6 Å². The minimum absolute atomic E-state index is 0.0673. The molecule has 0 saturated carbocycles. The van der Waals surface area contributed by atoms with Crippen molar-refractivity contribution >= 4 is 17.4 Å². The van der Waals surface area contributed by atoms with Crippen molar-refractivity contribution in [3.05, 3.63) is 30.1 Å². The molecule has 2 heterocycles. The number of fused-ring (bicyclic) bond motifs is 1. The maximum absolute atomic E-state index is 8.98. The van der Waals surface area contributed by atoms with Crippen molar-refractivity contribution in [3.8, 4) is 0 Å². The smallest absolute Gasteiger partial charge is 0.138 e. The Hall–Kier alpha value is -1.04. The molecule has 2 aromatic rings. The number of rotatable bonds is 5. The summed E-state index contributed by atoms with van der Waals surface area (Å²) in [6.07, 6.45) is 2.03. The third-order valence-corrected chi connectivity index (χ3v) is 3.70. The van der Waals surface area contributed by atoms with E-state index < -0.39 is 0 Å². The molecule has 0 aliphatic carbocycles. The third kappa shape index (κ3) is 3.72. The van der Waals surface area contributed by atoms with Gasteiger partial charge in [0.1, 0.15) is 10.7 Å². The molecule has 2 aromatic heterocycles.